The number of rotatable bonds is 3. The number of nitrogens with zero attached hydrogens (tertiary/aromatic N) is 1. The van der Waals surface area contributed by atoms with E-state index in [9.17, 15) is 10.1 Å². The second kappa shape index (κ2) is 7.98. The number of hydrogen-bond acceptors (Lipinski definition) is 2. The van der Waals surface area contributed by atoms with Gasteiger partial charge < -0.3 is 5.32 Å². The van der Waals surface area contributed by atoms with Gasteiger partial charge in [0.15, 0.2) is 0 Å². The predicted octanol–water partition coefficient (Wildman–Crippen LogP) is 5.98. The first-order valence-corrected chi connectivity index (χ1v) is 9.22. The summed E-state index contributed by atoms with van der Waals surface area (Å²) in [5.41, 5.74) is 4.82. The number of carbonyl (C=O) groups is 1. The molecule has 0 bridgehead atoms. The Morgan fingerprint density at radius 2 is 1.67 bits per heavy atom. The van der Waals surface area contributed by atoms with E-state index in [2.05, 4.69) is 17.5 Å². The van der Waals surface area contributed by atoms with E-state index in [1.807, 2.05) is 53.7 Å². The molecule has 1 N–H and O–H groups in total. The van der Waals surface area contributed by atoms with Gasteiger partial charge in [0, 0.05) is 21.7 Å². The standard InChI is InChI=1S/C23H25ClN2O/c1-14-10-15(2)12-17(11-14)19(13-25)21(23(4,5)6)26-22(27)18-8-7-9-20(24)16(18)3/h7-12H,1-6H3,(H,26,27). The van der Waals surface area contributed by atoms with Gasteiger partial charge in [-0.05, 0) is 44.0 Å². The summed E-state index contributed by atoms with van der Waals surface area (Å²) in [4.78, 5) is 12.9. The van der Waals surface area contributed by atoms with Crippen molar-refractivity contribution in [2.45, 2.75) is 41.5 Å². The molecule has 0 heterocycles. The van der Waals surface area contributed by atoms with Crippen molar-refractivity contribution in [3.63, 3.8) is 0 Å². The van der Waals surface area contributed by atoms with Crippen LogP contribution in [0.1, 0.15) is 53.4 Å². The molecule has 3 nitrogen and oxygen atoms in total. The lowest BCUT2D eigenvalue weighted by atomic mass is 9.86. The average Bonchev–Trinajstić information content (AvgIpc) is 2.55. The van der Waals surface area contributed by atoms with E-state index < -0.39 is 5.41 Å². The summed E-state index contributed by atoms with van der Waals surface area (Å²) in [6, 6.07) is 13.5. The van der Waals surface area contributed by atoms with Crippen LogP contribution in [0.3, 0.4) is 0 Å². The highest BCUT2D eigenvalue weighted by atomic mass is 35.5. The van der Waals surface area contributed by atoms with Gasteiger partial charge >= 0.3 is 0 Å². The number of aryl methyl sites for hydroxylation is 2. The van der Waals surface area contributed by atoms with Crippen molar-refractivity contribution in [1.82, 2.24) is 5.32 Å². The Hall–Kier alpha value is -2.57. The zero-order valence-electron chi connectivity index (χ0n) is 16.7. The SMILES string of the molecule is Cc1cc(C)cc(C(C#N)=C(NC(=O)c2cccc(Cl)c2C)C(C)(C)C)c1. The summed E-state index contributed by atoms with van der Waals surface area (Å²) < 4.78 is 0. The number of allylic oxidation sites excluding steroid dienone is 2. The number of benzene rings is 2. The van der Waals surface area contributed by atoms with Gasteiger partial charge in [-0.1, -0.05) is 67.8 Å². The molecule has 0 spiro atoms. The van der Waals surface area contributed by atoms with E-state index in [1.165, 1.54) is 0 Å². The normalized spacial score (nSPS) is 12.2. The van der Waals surface area contributed by atoms with E-state index in [0.29, 0.717) is 21.9 Å². The lowest BCUT2D eigenvalue weighted by molar-refractivity contribution is 0.0957. The molecule has 140 valence electrons. The first-order valence-electron chi connectivity index (χ1n) is 8.84. The van der Waals surface area contributed by atoms with E-state index in [-0.39, 0.29) is 5.91 Å². The third-order valence-electron chi connectivity index (χ3n) is 4.37. The minimum absolute atomic E-state index is 0.267. The summed E-state index contributed by atoms with van der Waals surface area (Å²) in [5, 5.41) is 13.4. The molecule has 0 aliphatic rings. The molecule has 0 saturated carbocycles. The molecule has 4 heteroatoms. The van der Waals surface area contributed by atoms with Crippen molar-refractivity contribution in [3.05, 3.63) is 74.9 Å². The van der Waals surface area contributed by atoms with Gasteiger partial charge in [-0.25, -0.2) is 0 Å². The first kappa shape index (κ1) is 20.7. The minimum atomic E-state index is -0.426. The number of halogens is 1. The van der Waals surface area contributed by atoms with Crippen LogP contribution in [0, 0.1) is 37.5 Å². The third kappa shape index (κ3) is 4.78. The number of amides is 1. The summed E-state index contributed by atoms with van der Waals surface area (Å²) in [6.45, 7) is 11.7. The number of nitrogens with one attached hydrogen (secondary N) is 1. The molecule has 2 aromatic rings. The topological polar surface area (TPSA) is 52.9 Å². The summed E-state index contributed by atoms with van der Waals surface area (Å²) in [7, 11) is 0. The van der Waals surface area contributed by atoms with E-state index in [1.54, 1.807) is 18.2 Å². The van der Waals surface area contributed by atoms with E-state index >= 15 is 0 Å². The Kier molecular flexibility index (Phi) is 6.13. The zero-order chi connectivity index (χ0) is 20.4. The van der Waals surface area contributed by atoms with Crippen LogP contribution in [0.2, 0.25) is 5.02 Å². The van der Waals surface area contributed by atoms with Crippen LogP contribution in [0.25, 0.3) is 5.57 Å². The van der Waals surface area contributed by atoms with Crippen LogP contribution in [0.15, 0.2) is 42.1 Å². The maximum absolute atomic E-state index is 12.9. The fraction of sp³-hybridized carbons (Fsp3) is 0.304. The largest absolute Gasteiger partial charge is 0.324 e. The maximum Gasteiger partial charge on any atom is 0.255 e. The van der Waals surface area contributed by atoms with Crippen molar-refractivity contribution in [3.8, 4) is 6.07 Å². The molecule has 2 rings (SSSR count). The Labute approximate surface area is 166 Å². The van der Waals surface area contributed by atoms with Crippen LogP contribution in [0.4, 0.5) is 0 Å². The summed E-state index contributed by atoms with van der Waals surface area (Å²) in [5.74, 6) is -0.267. The van der Waals surface area contributed by atoms with Crippen LogP contribution in [-0.4, -0.2) is 5.91 Å². The Morgan fingerprint density at radius 3 is 2.19 bits per heavy atom. The van der Waals surface area contributed by atoms with Crippen molar-refractivity contribution < 1.29 is 4.79 Å². The Morgan fingerprint density at radius 1 is 1.07 bits per heavy atom. The van der Waals surface area contributed by atoms with Gasteiger partial charge in [0.25, 0.3) is 5.91 Å². The smallest absolute Gasteiger partial charge is 0.255 e. The molecule has 27 heavy (non-hydrogen) atoms. The summed E-state index contributed by atoms with van der Waals surface area (Å²) >= 11 is 6.16. The predicted molar refractivity (Wildman–Crippen MR) is 112 cm³/mol. The molecule has 0 aliphatic carbocycles. The quantitative estimate of drug-likeness (QED) is 0.666. The highest BCUT2D eigenvalue weighted by molar-refractivity contribution is 6.31. The van der Waals surface area contributed by atoms with Gasteiger partial charge in [-0.3, -0.25) is 4.79 Å². The Bertz CT molecular complexity index is 939. The molecule has 0 aliphatic heterocycles. The highest BCUT2D eigenvalue weighted by Crippen LogP contribution is 2.32. The van der Waals surface area contributed by atoms with E-state index in [0.717, 1.165) is 22.3 Å². The van der Waals surface area contributed by atoms with Gasteiger partial charge in [0.1, 0.15) is 6.07 Å². The second-order valence-electron chi connectivity index (χ2n) is 7.85. The molecule has 0 fully saturated rings. The number of hydrogen-bond donors (Lipinski definition) is 1. The number of nitriles is 1. The van der Waals surface area contributed by atoms with Gasteiger partial charge in [-0.2, -0.15) is 5.26 Å². The van der Waals surface area contributed by atoms with Crippen LogP contribution < -0.4 is 5.32 Å². The van der Waals surface area contributed by atoms with E-state index in [4.69, 9.17) is 11.6 Å². The minimum Gasteiger partial charge on any atom is -0.324 e. The first-order chi connectivity index (χ1) is 12.5. The highest BCUT2D eigenvalue weighted by Gasteiger charge is 2.26. The maximum atomic E-state index is 12.9. The fourth-order valence-electron chi connectivity index (χ4n) is 3.04. The molecule has 0 unspecified atom stereocenters. The third-order valence-corrected chi connectivity index (χ3v) is 4.78. The monoisotopic (exact) mass is 380 g/mol. The molecule has 0 atom stereocenters. The average molecular weight is 381 g/mol. The molecule has 0 aromatic heterocycles. The lowest BCUT2D eigenvalue weighted by Gasteiger charge is -2.26. The molecule has 0 radical (unpaired) electrons. The lowest BCUT2D eigenvalue weighted by Crippen LogP contribution is -2.31. The van der Waals surface area contributed by atoms with Crippen molar-refractivity contribution in [2.75, 3.05) is 0 Å². The molecular formula is C23H25ClN2O. The van der Waals surface area contributed by atoms with Gasteiger partial charge in [-0.15, -0.1) is 0 Å². The van der Waals surface area contributed by atoms with Crippen LogP contribution in [0.5, 0.6) is 0 Å². The fourth-order valence-corrected chi connectivity index (χ4v) is 3.22. The van der Waals surface area contributed by atoms with Crippen LogP contribution in [-0.2, 0) is 0 Å². The zero-order valence-corrected chi connectivity index (χ0v) is 17.5. The van der Waals surface area contributed by atoms with Crippen molar-refractivity contribution in [2.24, 2.45) is 5.41 Å². The van der Waals surface area contributed by atoms with Gasteiger partial charge in [0.05, 0.1) is 5.57 Å². The molecule has 0 saturated heterocycles. The Balaban J connectivity index is 2.60. The van der Waals surface area contributed by atoms with Crippen molar-refractivity contribution >= 4 is 23.1 Å². The molecule has 1 amide bonds. The number of carbonyl (C=O) groups excluding carboxylic acids is 1. The second-order valence-corrected chi connectivity index (χ2v) is 8.26. The molecule has 2 aromatic carbocycles. The molecular weight excluding hydrogens is 356 g/mol. The van der Waals surface area contributed by atoms with Crippen molar-refractivity contribution in [1.29, 1.82) is 5.26 Å². The van der Waals surface area contributed by atoms with Gasteiger partial charge in [0.2, 0.25) is 0 Å². The van der Waals surface area contributed by atoms with Crippen LogP contribution >= 0.6 is 11.6 Å². The summed E-state index contributed by atoms with van der Waals surface area (Å²) in [6.07, 6.45) is 0.